The second kappa shape index (κ2) is 10.8. The van der Waals surface area contributed by atoms with E-state index >= 15 is 0 Å². The molecule has 4 fully saturated rings. The maximum atomic E-state index is 6.28. The van der Waals surface area contributed by atoms with Crippen LogP contribution in [-0.2, 0) is 18.9 Å². The Bertz CT molecular complexity index is 657. The molecule has 1 saturated heterocycles. The third-order valence-electron chi connectivity index (χ3n) is 8.53. The zero-order chi connectivity index (χ0) is 23.7. The number of thiocarbonyl (C=S) groups is 2. The molecule has 0 N–H and O–H groups in total. The molecule has 188 valence electrons. The highest BCUT2D eigenvalue weighted by molar-refractivity contribution is 8.22. The van der Waals surface area contributed by atoms with E-state index in [-0.39, 0.29) is 35.2 Å². The van der Waals surface area contributed by atoms with Crippen molar-refractivity contribution in [2.45, 2.75) is 121 Å². The zero-order valence-corrected chi connectivity index (χ0v) is 23.8. The summed E-state index contributed by atoms with van der Waals surface area (Å²) in [6.07, 6.45) is 18.8. The van der Waals surface area contributed by atoms with Crippen LogP contribution in [0.15, 0.2) is 0 Å². The fraction of sp³-hybridized carbons (Fsp3) is 0.920. The van der Waals surface area contributed by atoms with Gasteiger partial charge in [0.25, 0.3) is 0 Å². The molecule has 0 radical (unpaired) electrons. The van der Waals surface area contributed by atoms with E-state index in [4.69, 9.17) is 43.4 Å². The Hall–Kier alpha value is 0.400. The largest absolute Gasteiger partial charge is 0.475 e. The summed E-state index contributed by atoms with van der Waals surface area (Å²) in [5.41, 5.74) is 0.518. The first-order valence-corrected chi connectivity index (χ1v) is 15.8. The van der Waals surface area contributed by atoms with Crippen LogP contribution < -0.4 is 0 Å². The van der Waals surface area contributed by atoms with Gasteiger partial charge >= 0.3 is 0 Å². The van der Waals surface area contributed by atoms with Gasteiger partial charge < -0.3 is 18.9 Å². The molecule has 0 aromatic carbocycles. The lowest BCUT2D eigenvalue weighted by Gasteiger charge is -2.41. The van der Waals surface area contributed by atoms with Gasteiger partial charge in [0, 0.05) is 0 Å². The summed E-state index contributed by atoms with van der Waals surface area (Å²) in [4.78, 5) is 0. The quantitative estimate of drug-likeness (QED) is 0.344. The van der Waals surface area contributed by atoms with E-state index in [2.05, 4.69) is 13.8 Å². The van der Waals surface area contributed by atoms with Crippen LogP contribution in [0.1, 0.15) is 90.9 Å². The van der Waals surface area contributed by atoms with E-state index in [0.29, 0.717) is 8.77 Å². The Balaban J connectivity index is 1.53. The number of hydrogen-bond acceptors (Lipinski definition) is 8. The fourth-order valence-electron chi connectivity index (χ4n) is 7.41. The maximum Gasteiger partial charge on any atom is 0.219 e. The van der Waals surface area contributed by atoms with Crippen LogP contribution >= 0.6 is 48.0 Å². The summed E-state index contributed by atoms with van der Waals surface area (Å²) >= 11 is 14.0. The Kier molecular flexibility index (Phi) is 8.66. The van der Waals surface area contributed by atoms with Crippen LogP contribution in [0.2, 0.25) is 0 Å². The minimum absolute atomic E-state index is 0.232. The molecule has 0 aromatic heterocycles. The summed E-state index contributed by atoms with van der Waals surface area (Å²) in [5.74, 6) is -0.444. The first-order valence-electron chi connectivity index (χ1n) is 12.5. The second-order valence-electron chi connectivity index (χ2n) is 11.0. The molecule has 33 heavy (non-hydrogen) atoms. The third kappa shape index (κ3) is 5.87. The summed E-state index contributed by atoms with van der Waals surface area (Å²) in [7, 11) is 0. The average molecular weight is 533 g/mol. The van der Waals surface area contributed by atoms with Crippen LogP contribution in [0.4, 0.5) is 0 Å². The van der Waals surface area contributed by atoms with Gasteiger partial charge in [0.1, 0.15) is 12.2 Å². The van der Waals surface area contributed by atoms with Crippen molar-refractivity contribution >= 4 is 56.7 Å². The van der Waals surface area contributed by atoms with Crippen LogP contribution in [-0.4, -0.2) is 51.5 Å². The molecule has 4 aliphatic rings. The number of fused-ring (bicyclic) bond motifs is 1. The summed E-state index contributed by atoms with van der Waals surface area (Å²) in [5, 5.41) is 0. The second-order valence-corrected chi connectivity index (χ2v) is 13.8. The van der Waals surface area contributed by atoms with E-state index in [1.165, 1.54) is 38.5 Å². The molecule has 0 amide bonds. The van der Waals surface area contributed by atoms with Crippen LogP contribution in [0, 0.1) is 10.8 Å². The van der Waals surface area contributed by atoms with E-state index in [0.717, 1.165) is 38.5 Å². The molecule has 3 saturated carbocycles. The van der Waals surface area contributed by atoms with Crippen molar-refractivity contribution in [3.63, 3.8) is 0 Å². The Labute approximate surface area is 219 Å². The van der Waals surface area contributed by atoms with Crippen molar-refractivity contribution in [1.29, 1.82) is 0 Å². The molecular weight excluding hydrogens is 493 g/mol. The lowest BCUT2D eigenvalue weighted by Crippen LogP contribution is -2.33. The summed E-state index contributed by atoms with van der Waals surface area (Å²) < 4.78 is 26.5. The van der Waals surface area contributed by atoms with Crippen molar-refractivity contribution in [3.8, 4) is 0 Å². The predicted molar refractivity (Wildman–Crippen MR) is 146 cm³/mol. The van der Waals surface area contributed by atoms with Crippen molar-refractivity contribution in [2.75, 3.05) is 12.5 Å². The highest BCUT2D eigenvalue weighted by Gasteiger charge is 2.63. The molecule has 4 nitrogen and oxygen atoms in total. The molecule has 8 heteroatoms. The molecule has 0 aromatic rings. The lowest BCUT2D eigenvalue weighted by atomic mass is 9.63. The summed E-state index contributed by atoms with van der Waals surface area (Å²) in [6, 6.07) is 0. The molecule has 0 bridgehead atoms. The Morgan fingerprint density at radius 2 is 1.12 bits per heavy atom. The van der Waals surface area contributed by atoms with Crippen LogP contribution in [0.25, 0.3) is 0 Å². The molecule has 1 aliphatic heterocycles. The minimum Gasteiger partial charge on any atom is -0.475 e. The van der Waals surface area contributed by atoms with E-state index in [1.54, 1.807) is 23.5 Å². The van der Waals surface area contributed by atoms with Gasteiger partial charge in [0.05, 0.1) is 12.2 Å². The van der Waals surface area contributed by atoms with E-state index in [9.17, 15) is 0 Å². The van der Waals surface area contributed by atoms with Crippen molar-refractivity contribution in [1.82, 2.24) is 0 Å². The maximum absolute atomic E-state index is 6.28. The predicted octanol–water partition coefficient (Wildman–Crippen LogP) is 7.27. The van der Waals surface area contributed by atoms with Gasteiger partial charge in [-0.05, 0) is 113 Å². The fourth-order valence-corrected chi connectivity index (χ4v) is 8.15. The van der Waals surface area contributed by atoms with Crippen LogP contribution in [0.3, 0.4) is 0 Å². The van der Waals surface area contributed by atoms with Gasteiger partial charge in [0.2, 0.25) is 8.77 Å². The van der Waals surface area contributed by atoms with Gasteiger partial charge in [-0.15, -0.1) is 0 Å². The minimum atomic E-state index is -0.444. The molecular formula is C25H40O4S4. The highest BCUT2D eigenvalue weighted by atomic mass is 32.2. The topological polar surface area (TPSA) is 36.9 Å². The number of rotatable bonds is 2. The lowest BCUT2D eigenvalue weighted by molar-refractivity contribution is -0.147. The Morgan fingerprint density at radius 3 is 1.48 bits per heavy atom. The Morgan fingerprint density at radius 1 is 0.727 bits per heavy atom. The van der Waals surface area contributed by atoms with Gasteiger partial charge in [-0.1, -0.05) is 49.2 Å². The molecule has 1 heterocycles. The van der Waals surface area contributed by atoms with Crippen molar-refractivity contribution in [3.05, 3.63) is 0 Å². The van der Waals surface area contributed by atoms with E-state index in [1.807, 2.05) is 12.5 Å². The average Bonchev–Trinajstić information content (AvgIpc) is 3.30. The SMILES string of the molecule is CSC(=S)OC1CC23CCCC[C@@H]4OC(C)(C)O[C@@H]4CCCCC2(C1)CC(OC(=S)SC)C3. The zero-order valence-electron chi connectivity index (χ0n) is 20.6. The molecule has 4 atom stereocenters. The van der Waals surface area contributed by atoms with E-state index < -0.39 is 5.79 Å². The third-order valence-corrected chi connectivity index (χ3v) is 10.6. The number of hydrogen-bond donors (Lipinski definition) is 0. The van der Waals surface area contributed by atoms with Gasteiger partial charge in [-0.3, -0.25) is 0 Å². The number of thioether (sulfide) groups is 2. The number of ether oxygens (including phenoxy) is 4. The molecule has 2 unspecified atom stereocenters. The molecule has 3 aliphatic carbocycles. The van der Waals surface area contributed by atoms with Gasteiger partial charge in [0.15, 0.2) is 5.79 Å². The summed E-state index contributed by atoms with van der Waals surface area (Å²) in [6.45, 7) is 4.12. The first-order chi connectivity index (χ1) is 15.7. The normalized spacial score (nSPS) is 40.6. The van der Waals surface area contributed by atoms with Crippen LogP contribution in [0.5, 0.6) is 0 Å². The highest BCUT2D eigenvalue weighted by Crippen LogP contribution is 2.68. The monoisotopic (exact) mass is 532 g/mol. The molecule has 0 spiro atoms. The van der Waals surface area contributed by atoms with Gasteiger partial charge in [-0.25, -0.2) is 0 Å². The standard InChI is InChI=1S/C25H40O4S4/c1-23(2)28-19-9-5-7-11-24-13-17(26-21(30)32-3)14-25(24,12-8-6-10-20(19)29-23)16-18(15-24)27-22(31)33-4/h17-20H,5-16H2,1-4H3/t17?,18?,19-,20+,24?,25?. The molecule has 4 rings (SSSR count). The van der Waals surface area contributed by atoms with Gasteiger partial charge in [-0.2, -0.15) is 0 Å². The van der Waals surface area contributed by atoms with Crippen molar-refractivity contribution in [2.24, 2.45) is 10.8 Å². The first kappa shape index (κ1) is 26.5. The van der Waals surface area contributed by atoms with Crippen molar-refractivity contribution < 1.29 is 18.9 Å². The smallest absolute Gasteiger partial charge is 0.219 e.